The highest BCUT2D eigenvalue weighted by atomic mass is 16.5. The van der Waals surface area contributed by atoms with Crippen LogP contribution in [0.2, 0.25) is 0 Å². The lowest BCUT2D eigenvalue weighted by Crippen LogP contribution is -2.42. The number of hydrogen-bond donors (Lipinski definition) is 1. The summed E-state index contributed by atoms with van der Waals surface area (Å²) in [4.78, 5) is 26.2. The van der Waals surface area contributed by atoms with Gasteiger partial charge >= 0.3 is 0 Å². The van der Waals surface area contributed by atoms with E-state index in [0.717, 1.165) is 17.1 Å². The summed E-state index contributed by atoms with van der Waals surface area (Å²) in [5.74, 6) is 0.800. The van der Waals surface area contributed by atoms with E-state index in [2.05, 4.69) is 0 Å². The van der Waals surface area contributed by atoms with Gasteiger partial charge in [-0.1, -0.05) is 18.2 Å². The predicted octanol–water partition coefficient (Wildman–Crippen LogP) is 2.99. The molecule has 1 aliphatic rings. The number of fused-ring (bicyclic) bond motifs is 1. The highest BCUT2D eigenvalue weighted by Gasteiger charge is 2.50. The first-order valence-electron chi connectivity index (χ1n) is 9.27. The highest BCUT2D eigenvalue weighted by Crippen LogP contribution is 2.44. The number of ether oxygens (including phenoxy) is 2. The summed E-state index contributed by atoms with van der Waals surface area (Å²) in [5, 5.41) is 11.0. The summed E-state index contributed by atoms with van der Waals surface area (Å²) in [6.07, 6.45) is 0.364. The van der Waals surface area contributed by atoms with E-state index in [1.165, 1.54) is 6.92 Å². The molecule has 1 unspecified atom stereocenters. The molecule has 1 aliphatic heterocycles. The normalized spacial score (nSPS) is 18.1. The van der Waals surface area contributed by atoms with Crippen molar-refractivity contribution in [1.29, 1.82) is 0 Å². The van der Waals surface area contributed by atoms with Gasteiger partial charge in [0.15, 0.2) is 5.60 Å². The number of methoxy groups -OCH3 is 1. The second-order valence-corrected chi connectivity index (χ2v) is 7.04. The average Bonchev–Trinajstić information content (AvgIpc) is 2.87. The Hall–Kier alpha value is -2.86. The number of ketones is 1. The lowest BCUT2D eigenvalue weighted by atomic mass is 9.89. The molecule has 2 aromatic carbocycles. The van der Waals surface area contributed by atoms with Crippen molar-refractivity contribution >= 4 is 17.4 Å². The minimum Gasteiger partial charge on any atom is -0.497 e. The topological polar surface area (TPSA) is 76.1 Å². The average molecular weight is 383 g/mol. The SMILES string of the molecule is COc1ccc(OCCCN2C(=O)C(O)(CC(C)=O)c3cccc(C)c32)cc1. The lowest BCUT2D eigenvalue weighted by molar-refractivity contribution is -0.141. The molecule has 2 aromatic rings. The maximum Gasteiger partial charge on any atom is 0.264 e. The van der Waals surface area contributed by atoms with Gasteiger partial charge in [0.1, 0.15) is 17.3 Å². The summed E-state index contributed by atoms with van der Waals surface area (Å²) in [5.41, 5.74) is 0.301. The number of Topliss-reactive ketones (excluding diaryl/α,β-unsaturated/α-hetero) is 1. The van der Waals surface area contributed by atoms with Crippen LogP contribution in [-0.4, -0.2) is 37.1 Å². The van der Waals surface area contributed by atoms with Crippen molar-refractivity contribution in [3.63, 3.8) is 0 Å². The maximum absolute atomic E-state index is 13.0. The van der Waals surface area contributed by atoms with Gasteiger partial charge in [-0.25, -0.2) is 0 Å². The minimum absolute atomic E-state index is 0.221. The number of aliphatic hydroxyl groups is 1. The molecule has 6 nitrogen and oxygen atoms in total. The van der Waals surface area contributed by atoms with Crippen molar-refractivity contribution in [2.45, 2.75) is 32.3 Å². The summed E-state index contributed by atoms with van der Waals surface area (Å²) in [6.45, 7) is 4.09. The molecule has 0 aromatic heterocycles. The van der Waals surface area contributed by atoms with Crippen LogP contribution in [0.5, 0.6) is 11.5 Å². The van der Waals surface area contributed by atoms with Crippen molar-refractivity contribution in [3.05, 3.63) is 53.6 Å². The standard InChI is InChI=1S/C22H25NO5/c1-15-6-4-7-19-20(15)23(21(25)22(19,26)14-16(2)24)12-5-13-28-18-10-8-17(27-3)9-11-18/h4,6-11,26H,5,12-14H2,1-3H3. The molecule has 0 radical (unpaired) electrons. The molecule has 0 aliphatic carbocycles. The van der Waals surface area contributed by atoms with Crippen LogP contribution in [0.3, 0.4) is 0 Å². The van der Waals surface area contributed by atoms with Gasteiger partial charge < -0.3 is 19.5 Å². The summed E-state index contributed by atoms with van der Waals surface area (Å²) in [7, 11) is 1.61. The first-order chi connectivity index (χ1) is 13.4. The Morgan fingerprint density at radius 1 is 1.14 bits per heavy atom. The first-order valence-corrected chi connectivity index (χ1v) is 9.27. The molecule has 3 rings (SSSR count). The van der Waals surface area contributed by atoms with Crippen LogP contribution in [-0.2, 0) is 15.2 Å². The Kier molecular flexibility index (Phi) is 5.70. The van der Waals surface area contributed by atoms with E-state index in [-0.39, 0.29) is 12.2 Å². The number of aryl methyl sites for hydroxylation is 1. The first kappa shape index (κ1) is 19.9. The van der Waals surface area contributed by atoms with Crippen LogP contribution in [0, 0.1) is 6.92 Å². The number of hydrogen-bond acceptors (Lipinski definition) is 5. The monoisotopic (exact) mass is 383 g/mol. The van der Waals surface area contributed by atoms with Gasteiger partial charge in [0.25, 0.3) is 5.91 Å². The van der Waals surface area contributed by atoms with Crippen LogP contribution < -0.4 is 14.4 Å². The number of nitrogens with zero attached hydrogens (tertiary/aromatic N) is 1. The number of rotatable bonds is 8. The number of para-hydroxylation sites is 1. The van der Waals surface area contributed by atoms with E-state index in [0.29, 0.717) is 30.8 Å². The van der Waals surface area contributed by atoms with Crippen LogP contribution >= 0.6 is 0 Å². The molecule has 1 atom stereocenters. The van der Waals surface area contributed by atoms with Crippen LogP contribution in [0.15, 0.2) is 42.5 Å². The second-order valence-electron chi connectivity index (χ2n) is 7.04. The third kappa shape index (κ3) is 3.73. The fraction of sp³-hybridized carbons (Fsp3) is 0.364. The molecule has 0 bridgehead atoms. The molecule has 0 fully saturated rings. The maximum atomic E-state index is 13.0. The smallest absolute Gasteiger partial charge is 0.264 e. The van der Waals surface area contributed by atoms with E-state index >= 15 is 0 Å². The van der Waals surface area contributed by atoms with Gasteiger partial charge in [-0.3, -0.25) is 9.59 Å². The van der Waals surface area contributed by atoms with Crippen molar-refractivity contribution in [2.24, 2.45) is 0 Å². The molecular weight excluding hydrogens is 358 g/mol. The van der Waals surface area contributed by atoms with Crippen molar-refractivity contribution in [3.8, 4) is 11.5 Å². The van der Waals surface area contributed by atoms with E-state index in [4.69, 9.17) is 9.47 Å². The van der Waals surface area contributed by atoms with Crippen molar-refractivity contribution < 1.29 is 24.2 Å². The zero-order chi connectivity index (χ0) is 20.3. The summed E-state index contributed by atoms with van der Waals surface area (Å²) < 4.78 is 10.8. The summed E-state index contributed by atoms with van der Waals surface area (Å²) >= 11 is 0. The van der Waals surface area contributed by atoms with E-state index in [9.17, 15) is 14.7 Å². The molecule has 28 heavy (non-hydrogen) atoms. The Bertz CT molecular complexity index is 877. The fourth-order valence-electron chi connectivity index (χ4n) is 3.62. The number of amides is 1. The molecule has 0 saturated heterocycles. The van der Waals surface area contributed by atoms with E-state index < -0.39 is 11.5 Å². The highest BCUT2D eigenvalue weighted by molar-refractivity contribution is 6.09. The zero-order valence-electron chi connectivity index (χ0n) is 16.4. The molecular formula is C22H25NO5. The van der Waals surface area contributed by atoms with Crippen molar-refractivity contribution in [1.82, 2.24) is 0 Å². The number of carbonyl (C=O) groups excluding carboxylic acids is 2. The zero-order valence-corrected chi connectivity index (χ0v) is 16.4. The Morgan fingerprint density at radius 3 is 2.46 bits per heavy atom. The van der Waals surface area contributed by atoms with E-state index in [1.54, 1.807) is 24.1 Å². The Balaban J connectivity index is 1.70. The quantitative estimate of drug-likeness (QED) is 0.709. The lowest BCUT2D eigenvalue weighted by Gasteiger charge is -2.22. The third-order valence-electron chi connectivity index (χ3n) is 4.91. The minimum atomic E-state index is -1.79. The predicted molar refractivity (Wildman–Crippen MR) is 106 cm³/mol. The second kappa shape index (κ2) is 8.02. The number of carbonyl (C=O) groups is 2. The fourth-order valence-corrected chi connectivity index (χ4v) is 3.62. The molecule has 148 valence electrons. The Labute approximate surface area is 164 Å². The van der Waals surface area contributed by atoms with Crippen LogP contribution in [0.4, 0.5) is 5.69 Å². The molecule has 0 spiro atoms. The Morgan fingerprint density at radius 2 is 1.82 bits per heavy atom. The largest absolute Gasteiger partial charge is 0.497 e. The van der Waals surface area contributed by atoms with Crippen molar-refractivity contribution in [2.75, 3.05) is 25.2 Å². The van der Waals surface area contributed by atoms with Gasteiger partial charge in [-0.05, 0) is 50.1 Å². The van der Waals surface area contributed by atoms with Crippen LogP contribution in [0.1, 0.15) is 30.9 Å². The van der Waals surface area contributed by atoms with Crippen LogP contribution in [0.25, 0.3) is 0 Å². The molecule has 1 amide bonds. The van der Waals surface area contributed by atoms with Gasteiger partial charge in [0, 0.05) is 18.5 Å². The molecule has 0 saturated carbocycles. The molecule has 1 heterocycles. The molecule has 1 N–H and O–H groups in total. The van der Waals surface area contributed by atoms with Gasteiger partial charge in [0.05, 0.1) is 19.4 Å². The number of benzene rings is 2. The van der Waals surface area contributed by atoms with Gasteiger partial charge in [-0.15, -0.1) is 0 Å². The van der Waals surface area contributed by atoms with Gasteiger partial charge in [0.2, 0.25) is 0 Å². The van der Waals surface area contributed by atoms with E-state index in [1.807, 2.05) is 37.3 Å². The summed E-state index contributed by atoms with van der Waals surface area (Å²) in [6, 6.07) is 12.7. The third-order valence-corrected chi connectivity index (χ3v) is 4.91. The molecule has 6 heteroatoms. The van der Waals surface area contributed by atoms with Gasteiger partial charge in [-0.2, -0.15) is 0 Å². The number of anilines is 1.